The van der Waals surface area contributed by atoms with E-state index < -0.39 is 15.7 Å². The fourth-order valence-corrected chi connectivity index (χ4v) is 5.37. The van der Waals surface area contributed by atoms with Crippen LogP contribution in [0.2, 0.25) is 0 Å². The Kier molecular flexibility index (Phi) is 7.91. The average Bonchev–Trinajstić information content (AvgIpc) is 3.52. The molecule has 1 heterocycles. The molecule has 1 aliphatic heterocycles. The Hall–Kier alpha value is -2.16. The topological polar surface area (TPSA) is 92.8 Å². The van der Waals surface area contributed by atoms with Gasteiger partial charge < -0.3 is 9.64 Å². The molecule has 2 fully saturated rings. The molecule has 7 nitrogen and oxygen atoms in total. The first kappa shape index (κ1) is 23.5. The number of carbonyl (C=O) groups is 2. The second kappa shape index (κ2) is 10.4. The van der Waals surface area contributed by atoms with Crippen LogP contribution in [0.4, 0.5) is 9.18 Å². The van der Waals surface area contributed by atoms with E-state index in [1.54, 1.807) is 17.0 Å². The molecule has 1 atom stereocenters. The van der Waals surface area contributed by atoms with Gasteiger partial charge in [-0.05, 0) is 55.2 Å². The number of hydrogen-bond donors (Lipinski definition) is 1. The highest BCUT2D eigenvalue weighted by Gasteiger charge is 2.24. The van der Waals surface area contributed by atoms with Crippen LogP contribution in [0.15, 0.2) is 18.2 Å². The molecule has 2 aliphatic rings. The van der Waals surface area contributed by atoms with E-state index in [0.29, 0.717) is 51.3 Å². The molecule has 0 radical (unpaired) electrons. The van der Waals surface area contributed by atoms with Crippen molar-refractivity contribution >= 4 is 21.8 Å². The van der Waals surface area contributed by atoms with Gasteiger partial charge in [-0.25, -0.2) is 17.6 Å². The van der Waals surface area contributed by atoms with Gasteiger partial charge in [0.25, 0.3) is 0 Å². The summed E-state index contributed by atoms with van der Waals surface area (Å²) in [7, 11) is -3.26. The van der Waals surface area contributed by atoms with Gasteiger partial charge in [0.1, 0.15) is 0 Å². The summed E-state index contributed by atoms with van der Waals surface area (Å²) in [5.41, 5.74) is 0.751. The van der Waals surface area contributed by atoms with Crippen molar-refractivity contribution in [3.05, 3.63) is 29.6 Å². The number of urea groups is 1. The molecule has 0 aromatic heterocycles. The molecule has 1 saturated carbocycles. The van der Waals surface area contributed by atoms with Crippen LogP contribution in [-0.4, -0.2) is 56.5 Å². The van der Waals surface area contributed by atoms with Crippen LogP contribution >= 0.6 is 0 Å². The first-order valence-corrected chi connectivity index (χ1v) is 12.8. The standard InChI is InChI=1S/C22H31FN2O5S/c1-16(18-7-8-19(23)20(13-18)30-14-17-5-6-17)15-31(28,29)12-4-2-3-10-25-11-9-21(26)24-22(25)27/h7-8,13,16-17H,2-6,9-12,14-15H2,1H3,(H,24,26,27)/t16-/m0/s1. The highest BCUT2D eigenvalue weighted by atomic mass is 32.2. The van der Waals surface area contributed by atoms with Gasteiger partial charge in [-0.3, -0.25) is 10.1 Å². The molecule has 0 unspecified atom stereocenters. The Morgan fingerprint density at radius 1 is 1.23 bits per heavy atom. The third-order valence-corrected chi connectivity index (χ3v) is 7.64. The number of imide groups is 1. The molecule has 172 valence electrons. The van der Waals surface area contributed by atoms with Crippen LogP contribution in [0.1, 0.15) is 56.9 Å². The minimum atomic E-state index is -3.26. The maximum absolute atomic E-state index is 14.0. The van der Waals surface area contributed by atoms with Crippen molar-refractivity contribution in [1.82, 2.24) is 10.2 Å². The Morgan fingerprint density at radius 3 is 2.71 bits per heavy atom. The maximum Gasteiger partial charge on any atom is 0.324 e. The summed E-state index contributed by atoms with van der Waals surface area (Å²) in [6.07, 6.45) is 4.41. The fourth-order valence-electron chi connectivity index (χ4n) is 3.60. The summed E-state index contributed by atoms with van der Waals surface area (Å²) >= 11 is 0. The Morgan fingerprint density at radius 2 is 2.00 bits per heavy atom. The van der Waals surface area contributed by atoms with Crippen molar-refractivity contribution in [3.63, 3.8) is 0 Å². The molecule has 9 heteroatoms. The number of unbranched alkanes of at least 4 members (excludes halogenated alkanes) is 2. The summed E-state index contributed by atoms with van der Waals surface area (Å²) in [6.45, 7) is 3.24. The lowest BCUT2D eigenvalue weighted by molar-refractivity contribution is -0.121. The van der Waals surface area contributed by atoms with Gasteiger partial charge in [0.15, 0.2) is 21.4 Å². The van der Waals surface area contributed by atoms with Crippen molar-refractivity contribution in [2.75, 3.05) is 31.2 Å². The Labute approximate surface area is 183 Å². The lowest BCUT2D eigenvalue weighted by Crippen LogP contribution is -2.49. The summed E-state index contributed by atoms with van der Waals surface area (Å²) < 4.78 is 44.6. The number of rotatable bonds is 12. The van der Waals surface area contributed by atoms with E-state index >= 15 is 0 Å². The molecule has 3 amide bonds. The highest BCUT2D eigenvalue weighted by molar-refractivity contribution is 7.91. The minimum absolute atomic E-state index is 0.00264. The molecule has 0 spiro atoms. The first-order chi connectivity index (χ1) is 14.7. The van der Waals surface area contributed by atoms with Gasteiger partial charge >= 0.3 is 6.03 Å². The lowest BCUT2D eigenvalue weighted by Gasteiger charge is -2.26. The zero-order chi connectivity index (χ0) is 22.4. The zero-order valence-corrected chi connectivity index (χ0v) is 18.8. The average molecular weight is 455 g/mol. The third-order valence-electron chi connectivity index (χ3n) is 5.73. The molecular formula is C22H31FN2O5S. The number of nitrogens with zero attached hydrogens (tertiary/aromatic N) is 1. The smallest absolute Gasteiger partial charge is 0.324 e. The third kappa shape index (κ3) is 7.48. The molecule has 1 aromatic carbocycles. The van der Waals surface area contributed by atoms with Crippen LogP contribution in [0.5, 0.6) is 5.75 Å². The summed E-state index contributed by atoms with van der Waals surface area (Å²) in [5.74, 6) is -0.172. The molecule has 0 bridgehead atoms. The predicted octanol–water partition coefficient (Wildman–Crippen LogP) is 3.25. The second-order valence-corrected chi connectivity index (χ2v) is 10.8. The SMILES string of the molecule is C[C@@H](CS(=O)(=O)CCCCCN1CCC(=O)NC1=O)c1ccc(F)c(OCC2CC2)c1. The molecule has 1 N–H and O–H groups in total. The zero-order valence-electron chi connectivity index (χ0n) is 17.9. The number of amides is 3. The summed E-state index contributed by atoms with van der Waals surface area (Å²) in [5, 5.41) is 2.28. The predicted molar refractivity (Wildman–Crippen MR) is 115 cm³/mol. The number of benzene rings is 1. The maximum atomic E-state index is 14.0. The number of carbonyl (C=O) groups excluding carboxylic acids is 2. The number of ether oxygens (including phenoxy) is 1. The normalized spacial score (nSPS) is 18.1. The molecule has 1 aliphatic carbocycles. The van der Waals surface area contributed by atoms with Gasteiger partial charge in [-0.15, -0.1) is 0 Å². The molecular weight excluding hydrogens is 423 g/mol. The van der Waals surface area contributed by atoms with Crippen LogP contribution in [0.25, 0.3) is 0 Å². The number of nitrogens with one attached hydrogen (secondary N) is 1. The van der Waals surface area contributed by atoms with Crippen LogP contribution in [0, 0.1) is 11.7 Å². The molecule has 31 heavy (non-hydrogen) atoms. The Balaban J connectivity index is 1.40. The number of halogens is 1. The quantitative estimate of drug-likeness (QED) is 0.490. The largest absolute Gasteiger partial charge is 0.490 e. The van der Waals surface area contributed by atoms with E-state index in [1.807, 2.05) is 6.92 Å². The monoisotopic (exact) mass is 454 g/mol. The van der Waals surface area contributed by atoms with E-state index in [2.05, 4.69) is 5.32 Å². The van der Waals surface area contributed by atoms with Crippen molar-refractivity contribution < 1.29 is 27.1 Å². The van der Waals surface area contributed by atoms with E-state index in [0.717, 1.165) is 18.4 Å². The van der Waals surface area contributed by atoms with E-state index in [4.69, 9.17) is 4.74 Å². The molecule has 1 aromatic rings. The Bertz CT molecular complexity index is 901. The van der Waals surface area contributed by atoms with E-state index in [-0.39, 0.29) is 35.1 Å². The highest BCUT2D eigenvalue weighted by Crippen LogP contribution is 2.31. The van der Waals surface area contributed by atoms with E-state index in [1.165, 1.54) is 6.07 Å². The van der Waals surface area contributed by atoms with Gasteiger partial charge in [-0.1, -0.05) is 19.4 Å². The molecule has 3 rings (SSSR count). The van der Waals surface area contributed by atoms with Crippen LogP contribution in [-0.2, 0) is 14.6 Å². The van der Waals surface area contributed by atoms with Crippen LogP contribution < -0.4 is 10.1 Å². The fraction of sp³-hybridized carbons (Fsp3) is 0.636. The van der Waals surface area contributed by atoms with E-state index in [9.17, 15) is 22.4 Å². The van der Waals surface area contributed by atoms with Gasteiger partial charge in [0.05, 0.1) is 18.1 Å². The van der Waals surface area contributed by atoms with Gasteiger partial charge in [0, 0.05) is 19.5 Å². The first-order valence-electron chi connectivity index (χ1n) is 10.9. The van der Waals surface area contributed by atoms with Crippen molar-refractivity contribution in [2.45, 2.75) is 51.4 Å². The van der Waals surface area contributed by atoms with Gasteiger partial charge in [-0.2, -0.15) is 0 Å². The minimum Gasteiger partial charge on any atom is -0.490 e. The summed E-state index contributed by atoms with van der Waals surface area (Å²) in [4.78, 5) is 24.4. The van der Waals surface area contributed by atoms with Crippen molar-refractivity contribution in [2.24, 2.45) is 5.92 Å². The van der Waals surface area contributed by atoms with Crippen molar-refractivity contribution in [3.8, 4) is 5.75 Å². The summed E-state index contributed by atoms with van der Waals surface area (Å²) in [6, 6.07) is 4.20. The molecule has 1 saturated heterocycles. The van der Waals surface area contributed by atoms with Crippen LogP contribution in [0.3, 0.4) is 0 Å². The second-order valence-electron chi connectivity index (χ2n) is 8.61. The van der Waals surface area contributed by atoms with Gasteiger partial charge in [0.2, 0.25) is 5.91 Å². The lowest BCUT2D eigenvalue weighted by atomic mass is 10.0. The number of hydrogen-bond acceptors (Lipinski definition) is 5. The number of sulfone groups is 1. The van der Waals surface area contributed by atoms with Crippen molar-refractivity contribution in [1.29, 1.82) is 0 Å².